The average molecular weight is 241 g/mol. The molecule has 0 fully saturated rings. The van der Waals surface area contributed by atoms with Crippen LogP contribution in [0.1, 0.15) is 16.8 Å². The van der Waals surface area contributed by atoms with Crippen LogP contribution in [0.3, 0.4) is 0 Å². The van der Waals surface area contributed by atoms with Gasteiger partial charge in [0.1, 0.15) is 6.54 Å². The second-order valence-corrected chi connectivity index (χ2v) is 3.42. The molecule has 1 rings (SSSR count). The minimum Gasteiger partial charge on any atom is -0.480 e. The number of carboxylic acids is 1. The van der Waals surface area contributed by atoms with Gasteiger partial charge in [0, 0.05) is 26.5 Å². The maximum atomic E-state index is 11.6. The number of carbonyl (C=O) groups excluding carboxylic acids is 1. The van der Waals surface area contributed by atoms with Crippen molar-refractivity contribution >= 4 is 11.9 Å². The molecule has 17 heavy (non-hydrogen) atoms. The first-order valence-corrected chi connectivity index (χ1v) is 5.15. The molecule has 0 aliphatic rings. The SMILES string of the molecule is COCCCNC(=O)c1cnn(CC(=O)O)c1. The first-order chi connectivity index (χ1) is 8.13. The third-order valence-electron chi connectivity index (χ3n) is 2.00. The molecule has 1 amide bonds. The number of carboxylic acid groups (broad SMARTS) is 1. The predicted molar refractivity (Wildman–Crippen MR) is 58.7 cm³/mol. The maximum absolute atomic E-state index is 11.6. The summed E-state index contributed by atoms with van der Waals surface area (Å²) in [5.41, 5.74) is 0.351. The lowest BCUT2D eigenvalue weighted by Gasteiger charge is -2.02. The Morgan fingerprint density at radius 3 is 3.00 bits per heavy atom. The second kappa shape index (κ2) is 6.64. The third kappa shape index (κ3) is 4.64. The number of aromatic nitrogens is 2. The third-order valence-corrected chi connectivity index (χ3v) is 2.00. The van der Waals surface area contributed by atoms with Gasteiger partial charge >= 0.3 is 5.97 Å². The summed E-state index contributed by atoms with van der Waals surface area (Å²) >= 11 is 0. The van der Waals surface area contributed by atoms with Crippen LogP contribution < -0.4 is 5.32 Å². The Hall–Kier alpha value is -1.89. The predicted octanol–water partition coefficient (Wildman–Crippen LogP) is -0.266. The lowest BCUT2D eigenvalue weighted by molar-refractivity contribution is -0.137. The molecule has 0 aromatic carbocycles. The minimum absolute atomic E-state index is 0.253. The van der Waals surface area contributed by atoms with Crippen LogP contribution in [0, 0.1) is 0 Å². The van der Waals surface area contributed by atoms with Gasteiger partial charge in [0.15, 0.2) is 0 Å². The van der Waals surface area contributed by atoms with Crippen LogP contribution in [0.5, 0.6) is 0 Å². The first-order valence-electron chi connectivity index (χ1n) is 5.15. The van der Waals surface area contributed by atoms with E-state index in [9.17, 15) is 9.59 Å². The lowest BCUT2D eigenvalue weighted by atomic mass is 10.3. The summed E-state index contributed by atoms with van der Waals surface area (Å²) in [4.78, 5) is 22.0. The van der Waals surface area contributed by atoms with Crippen molar-refractivity contribution in [1.29, 1.82) is 0 Å². The Morgan fingerprint density at radius 2 is 2.35 bits per heavy atom. The smallest absolute Gasteiger partial charge is 0.325 e. The molecular formula is C10H15N3O4. The Labute approximate surface area is 98.4 Å². The fourth-order valence-corrected chi connectivity index (χ4v) is 1.23. The summed E-state index contributed by atoms with van der Waals surface area (Å²) in [6.07, 6.45) is 3.47. The van der Waals surface area contributed by atoms with E-state index >= 15 is 0 Å². The number of hydrogen-bond donors (Lipinski definition) is 2. The summed E-state index contributed by atoms with van der Waals surface area (Å²) < 4.78 is 6.04. The number of nitrogens with zero attached hydrogens (tertiary/aromatic N) is 2. The van der Waals surface area contributed by atoms with Crippen LogP contribution in [0.15, 0.2) is 12.4 Å². The summed E-state index contributed by atoms with van der Waals surface area (Å²) in [5.74, 6) is -1.27. The minimum atomic E-state index is -1.000. The summed E-state index contributed by atoms with van der Waals surface area (Å²) in [6.45, 7) is 0.840. The molecule has 7 nitrogen and oxygen atoms in total. The Bertz CT molecular complexity index is 389. The van der Waals surface area contributed by atoms with Crippen molar-refractivity contribution in [3.8, 4) is 0 Å². The molecule has 2 N–H and O–H groups in total. The van der Waals surface area contributed by atoms with Crippen LogP contribution in [0.2, 0.25) is 0 Å². The van der Waals surface area contributed by atoms with Crippen molar-refractivity contribution in [2.24, 2.45) is 0 Å². The van der Waals surface area contributed by atoms with Gasteiger partial charge < -0.3 is 15.2 Å². The van der Waals surface area contributed by atoms with E-state index in [1.807, 2.05) is 0 Å². The normalized spacial score (nSPS) is 10.2. The molecule has 0 aliphatic heterocycles. The van der Waals surface area contributed by atoms with Crippen molar-refractivity contribution in [3.05, 3.63) is 18.0 Å². The molecule has 0 bridgehead atoms. The van der Waals surface area contributed by atoms with E-state index in [-0.39, 0.29) is 12.5 Å². The molecule has 7 heteroatoms. The highest BCUT2D eigenvalue weighted by molar-refractivity contribution is 5.93. The van der Waals surface area contributed by atoms with Gasteiger partial charge in [-0.2, -0.15) is 5.10 Å². The van der Waals surface area contributed by atoms with E-state index in [0.717, 1.165) is 6.42 Å². The Morgan fingerprint density at radius 1 is 1.59 bits per heavy atom. The summed E-state index contributed by atoms with van der Waals surface area (Å²) in [7, 11) is 1.59. The highest BCUT2D eigenvalue weighted by Gasteiger charge is 2.09. The number of carbonyl (C=O) groups is 2. The molecular weight excluding hydrogens is 226 g/mol. The number of hydrogen-bond acceptors (Lipinski definition) is 4. The van der Waals surface area contributed by atoms with Crippen molar-refractivity contribution in [3.63, 3.8) is 0 Å². The lowest BCUT2D eigenvalue weighted by Crippen LogP contribution is -2.24. The second-order valence-electron chi connectivity index (χ2n) is 3.42. The highest BCUT2D eigenvalue weighted by Crippen LogP contribution is 1.97. The van der Waals surface area contributed by atoms with E-state index in [2.05, 4.69) is 10.4 Å². The standard InChI is InChI=1S/C10H15N3O4/c1-17-4-2-3-11-10(16)8-5-12-13(6-8)7-9(14)15/h5-6H,2-4,7H2,1H3,(H,11,16)(H,14,15). The van der Waals surface area contributed by atoms with Gasteiger partial charge in [0.05, 0.1) is 11.8 Å². The van der Waals surface area contributed by atoms with E-state index in [1.165, 1.54) is 17.1 Å². The molecule has 0 spiro atoms. The van der Waals surface area contributed by atoms with Gasteiger partial charge in [-0.05, 0) is 6.42 Å². The van der Waals surface area contributed by atoms with Crippen molar-refractivity contribution in [2.45, 2.75) is 13.0 Å². The number of rotatable bonds is 7. The van der Waals surface area contributed by atoms with Crippen molar-refractivity contribution in [2.75, 3.05) is 20.3 Å². The van der Waals surface area contributed by atoms with Crippen molar-refractivity contribution in [1.82, 2.24) is 15.1 Å². The quantitative estimate of drug-likeness (QED) is 0.641. The molecule has 0 saturated carbocycles. The molecule has 0 unspecified atom stereocenters. The molecule has 0 atom stereocenters. The van der Waals surface area contributed by atoms with Crippen LogP contribution >= 0.6 is 0 Å². The fraction of sp³-hybridized carbons (Fsp3) is 0.500. The van der Waals surface area contributed by atoms with E-state index in [0.29, 0.717) is 18.7 Å². The van der Waals surface area contributed by atoms with Gasteiger partial charge in [-0.25, -0.2) is 0 Å². The summed E-state index contributed by atoms with van der Waals surface area (Å²) in [5, 5.41) is 15.0. The van der Waals surface area contributed by atoms with E-state index < -0.39 is 5.97 Å². The summed E-state index contributed by atoms with van der Waals surface area (Å²) in [6, 6.07) is 0. The van der Waals surface area contributed by atoms with Gasteiger partial charge in [-0.3, -0.25) is 14.3 Å². The number of methoxy groups -OCH3 is 1. The fourth-order valence-electron chi connectivity index (χ4n) is 1.23. The first kappa shape index (κ1) is 13.2. The van der Waals surface area contributed by atoms with Gasteiger partial charge in [0.25, 0.3) is 5.91 Å². The number of amides is 1. The molecule has 94 valence electrons. The zero-order valence-corrected chi connectivity index (χ0v) is 9.55. The Balaban J connectivity index is 2.41. The zero-order chi connectivity index (χ0) is 12.7. The molecule has 1 heterocycles. The monoisotopic (exact) mass is 241 g/mol. The number of nitrogens with one attached hydrogen (secondary N) is 1. The molecule has 0 aliphatic carbocycles. The van der Waals surface area contributed by atoms with Gasteiger partial charge in [-0.15, -0.1) is 0 Å². The maximum Gasteiger partial charge on any atom is 0.325 e. The van der Waals surface area contributed by atoms with Crippen LogP contribution in [0.4, 0.5) is 0 Å². The molecule has 1 aromatic rings. The van der Waals surface area contributed by atoms with Gasteiger partial charge in [-0.1, -0.05) is 0 Å². The van der Waals surface area contributed by atoms with Crippen LogP contribution in [-0.4, -0.2) is 47.0 Å². The highest BCUT2D eigenvalue weighted by atomic mass is 16.5. The number of ether oxygens (including phenoxy) is 1. The Kier molecular flexibility index (Phi) is 5.15. The molecule has 0 saturated heterocycles. The molecule has 0 radical (unpaired) electrons. The van der Waals surface area contributed by atoms with E-state index in [4.69, 9.17) is 9.84 Å². The van der Waals surface area contributed by atoms with E-state index in [1.54, 1.807) is 7.11 Å². The van der Waals surface area contributed by atoms with Crippen LogP contribution in [0.25, 0.3) is 0 Å². The van der Waals surface area contributed by atoms with Crippen molar-refractivity contribution < 1.29 is 19.4 Å². The number of aliphatic carboxylic acids is 1. The zero-order valence-electron chi connectivity index (χ0n) is 9.55. The molecule has 1 aromatic heterocycles. The van der Waals surface area contributed by atoms with Crippen LogP contribution in [-0.2, 0) is 16.1 Å². The van der Waals surface area contributed by atoms with Gasteiger partial charge in [0.2, 0.25) is 0 Å². The largest absolute Gasteiger partial charge is 0.480 e. The topological polar surface area (TPSA) is 93.5 Å². The average Bonchev–Trinajstić information content (AvgIpc) is 2.71.